The second-order valence-corrected chi connectivity index (χ2v) is 0.995. The van der Waals surface area contributed by atoms with Gasteiger partial charge >= 0.3 is 5.24 Å². The summed E-state index contributed by atoms with van der Waals surface area (Å²) in [5.74, 6) is 0. The van der Waals surface area contributed by atoms with Crippen molar-refractivity contribution in [2.24, 2.45) is 5.73 Å². The van der Waals surface area contributed by atoms with Crippen molar-refractivity contribution in [1.29, 1.82) is 0 Å². The molecule has 0 spiro atoms. The Kier molecular flexibility index (Phi) is 1.95. The van der Waals surface area contributed by atoms with Crippen LogP contribution in [0.15, 0.2) is 0 Å². The Labute approximate surface area is 33.4 Å². The molecule has 0 heterocycles. The van der Waals surface area contributed by atoms with Crippen LogP contribution in [0.25, 0.3) is 0 Å². The van der Waals surface area contributed by atoms with E-state index in [9.17, 15) is 4.79 Å². The van der Waals surface area contributed by atoms with Crippen molar-refractivity contribution in [3.05, 3.63) is 0 Å². The molecule has 0 bridgehead atoms. The highest BCUT2D eigenvalue weighted by atomic mass is 32.2. The number of amides is 1. The Morgan fingerprint density at radius 1 is 2.00 bits per heavy atom. The molecule has 0 aromatic rings. The smallest absolute Gasteiger partial charge is 0.303 e. The van der Waals surface area contributed by atoms with Crippen molar-refractivity contribution in [1.82, 2.24) is 0 Å². The van der Waals surface area contributed by atoms with E-state index >= 15 is 0 Å². The first kappa shape index (κ1) is 4.78. The number of carbonyl (C=O) groups is 1. The van der Waals surface area contributed by atoms with Crippen molar-refractivity contribution < 1.29 is 9.35 Å². The second kappa shape index (κ2) is 2.04. The van der Waals surface area contributed by atoms with E-state index in [0.29, 0.717) is 0 Å². The van der Waals surface area contributed by atoms with Crippen LogP contribution < -0.4 is 5.73 Å². The highest BCUT2D eigenvalue weighted by molar-refractivity contribution is 8.08. The van der Waals surface area contributed by atoms with E-state index in [1.54, 1.807) is 0 Å². The zero-order valence-corrected chi connectivity index (χ0v) is 3.16. The summed E-state index contributed by atoms with van der Waals surface area (Å²) < 4.78 is 7.59. The first-order chi connectivity index (χ1) is 2.27. The second-order valence-electron chi connectivity index (χ2n) is 0.410. The Morgan fingerprint density at radius 3 is 2.20 bits per heavy atom. The fourth-order valence-electron chi connectivity index (χ4n) is 0. The Hall–Kier alpha value is -0.220. The molecule has 0 atom stereocenters. The van der Waals surface area contributed by atoms with Gasteiger partial charge in [-0.05, 0) is 0 Å². The topological polar surface area (TPSA) is 63.3 Å². The van der Waals surface area contributed by atoms with Gasteiger partial charge in [0.25, 0.3) is 0 Å². The SMILES string of the molecule is NC(=O)SO. The number of rotatable bonds is 0. The molecule has 0 fully saturated rings. The molecule has 3 nitrogen and oxygen atoms in total. The molecule has 0 saturated heterocycles. The van der Waals surface area contributed by atoms with Crippen LogP contribution >= 0.6 is 12.0 Å². The third kappa shape index (κ3) is 3.78. The molecule has 30 valence electrons. The van der Waals surface area contributed by atoms with Gasteiger partial charge in [-0.25, -0.2) is 0 Å². The quantitative estimate of drug-likeness (QED) is 0.422. The molecule has 0 aromatic carbocycles. The third-order valence-corrected chi connectivity index (χ3v) is 0.270. The van der Waals surface area contributed by atoms with Crippen LogP contribution in [0.3, 0.4) is 0 Å². The molecule has 4 heteroatoms. The minimum atomic E-state index is -0.773. The molecule has 0 aliphatic rings. The molecule has 0 aliphatic carbocycles. The van der Waals surface area contributed by atoms with E-state index in [1.165, 1.54) is 0 Å². The minimum Gasteiger partial charge on any atom is -0.359 e. The lowest BCUT2D eigenvalue weighted by Gasteiger charge is -1.71. The van der Waals surface area contributed by atoms with Gasteiger partial charge < -0.3 is 10.3 Å². The fourth-order valence-corrected chi connectivity index (χ4v) is 0. The molecule has 1 amide bonds. The van der Waals surface area contributed by atoms with Gasteiger partial charge in [0.05, 0.1) is 12.0 Å². The molecule has 0 aliphatic heterocycles. The first-order valence-electron chi connectivity index (χ1n) is 0.879. The van der Waals surface area contributed by atoms with Crippen LogP contribution in [-0.4, -0.2) is 9.79 Å². The van der Waals surface area contributed by atoms with Crippen molar-refractivity contribution in [3.8, 4) is 0 Å². The van der Waals surface area contributed by atoms with Crippen molar-refractivity contribution >= 4 is 17.3 Å². The van der Waals surface area contributed by atoms with Crippen LogP contribution in [0, 0.1) is 0 Å². The molecule has 5 heavy (non-hydrogen) atoms. The Balaban J connectivity index is 2.85. The van der Waals surface area contributed by atoms with E-state index in [-0.39, 0.29) is 12.0 Å². The summed E-state index contributed by atoms with van der Waals surface area (Å²) in [6, 6.07) is 0. The van der Waals surface area contributed by atoms with Crippen LogP contribution in [0.2, 0.25) is 0 Å². The average molecular weight is 93.1 g/mol. The normalized spacial score (nSPS) is 7.40. The van der Waals surface area contributed by atoms with Crippen LogP contribution in [0.4, 0.5) is 4.79 Å². The van der Waals surface area contributed by atoms with E-state index in [1.807, 2.05) is 0 Å². The van der Waals surface area contributed by atoms with Crippen LogP contribution in [-0.2, 0) is 0 Å². The molecule has 3 N–H and O–H groups in total. The van der Waals surface area contributed by atoms with Crippen molar-refractivity contribution in [2.75, 3.05) is 0 Å². The Bertz CT molecular complexity index is 44.9. The summed E-state index contributed by atoms with van der Waals surface area (Å²) in [7, 11) is 0. The van der Waals surface area contributed by atoms with Crippen molar-refractivity contribution in [2.45, 2.75) is 0 Å². The van der Waals surface area contributed by atoms with Crippen LogP contribution in [0.5, 0.6) is 0 Å². The fraction of sp³-hybridized carbons (Fsp3) is 0. The Morgan fingerprint density at radius 2 is 2.20 bits per heavy atom. The maximum Gasteiger partial charge on any atom is 0.303 e. The maximum atomic E-state index is 9.30. The molecule has 0 unspecified atom stereocenters. The van der Waals surface area contributed by atoms with Gasteiger partial charge in [-0.3, -0.25) is 4.79 Å². The molecule has 0 rings (SSSR count). The largest absolute Gasteiger partial charge is 0.359 e. The monoisotopic (exact) mass is 93.0 g/mol. The summed E-state index contributed by atoms with van der Waals surface area (Å²) in [6.45, 7) is 0. The minimum absolute atomic E-state index is 0.0185. The van der Waals surface area contributed by atoms with E-state index < -0.39 is 5.24 Å². The number of hydrogen-bond acceptors (Lipinski definition) is 3. The molecular weight excluding hydrogens is 90.1 g/mol. The zero-order chi connectivity index (χ0) is 4.28. The van der Waals surface area contributed by atoms with E-state index in [2.05, 4.69) is 5.73 Å². The first-order valence-corrected chi connectivity index (χ1v) is 1.65. The van der Waals surface area contributed by atoms with Gasteiger partial charge in [0, 0.05) is 0 Å². The number of carbonyl (C=O) groups excluding carboxylic acids is 1. The number of nitrogens with two attached hydrogens (primary N) is 1. The molecule has 0 aromatic heterocycles. The van der Waals surface area contributed by atoms with Gasteiger partial charge in [0.2, 0.25) is 0 Å². The third-order valence-electron chi connectivity index (χ3n) is 0.0900. The van der Waals surface area contributed by atoms with Gasteiger partial charge in [-0.1, -0.05) is 0 Å². The number of primary amides is 1. The molecule has 0 saturated carbocycles. The summed E-state index contributed by atoms with van der Waals surface area (Å²) >= 11 is 0.0185. The molecule has 0 radical (unpaired) electrons. The van der Waals surface area contributed by atoms with E-state index in [0.717, 1.165) is 0 Å². The van der Waals surface area contributed by atoms with Gasteiger partial charge in [-0.2, -0.15) is 0 Å². The lowest BCUT2D eigenvalue weighted by atomic mass is 11.5. The van der Waals surface area contributed by atoms with Gasteiger partial charge in [0.15, 0.2) is 0 Å². The lowest BCUT2D eigenvalue weighted by molar-refractivity contribution is 0.266. The van der Waals surface area contributed by atoms with E-state index in [4.69, 9.17) is 4.55 Å². The lowest BCUT2D eigenvalue weighted by Crippen LogP contribution is -1.99. The average Bonchev–Trinajstić information content (AvgIpc) is 1.38. The van der Waals surface area contributed by atoms with Gasteiger partial charge in [0.1, 0.15) is 0 Å². The summed E-state index contributed by atoms with van der Waals surface area (Å²) in [4.78, 5) is 9.30. The predicted molar refractivity (Wildman–Crippen MR) is 19.8 cm³/mol. The maximum absolute atomic E-state index is 9.30. The summed E-state index contributed by atoms with van der Waals surface area (Å²) in [5, 5.41) is -0.773. The van der Waals surface area contributed by atoms with Crippen molar-refractivity contribution in [3.63, 3.8) is 0 Å². The number of hydrogen-bond donors (Lipinski definition) is 2. The van der Waals surface area contributed by atoms with Gasteiger partial charge in [-0.15, -0.1) is 0 Å². The summed E-state index contributed by atoms with van der Waals surface area (Å²) in [6.07, 6.45) is 0. The van der Waals surface area contributed by atoms with Crippen LogP contribution in [0.1, 0.15) is 0 Å². The standard InChI is InChI=1S/CH3NO2S/c2-1(3)5-4/h4H,(H2,2,3). The summed E-state index contributed by atoms with van der Waals surface area (Å²) in [5.41, 5.74) is 4.37. The predicted octanol–water partition coefficient (Wildman–Crippen LogP) is 0.271. The zero-order valence-electron chi connectivity index (χ0n) is 2.34. The molecular formula is CH3NO2S. The highest BCUT2D eigenvalue weighted by Gasteiger charge is 1.81. The highest BCUT2D eigenvalue weighted by Crippen LogP contribution is 1.84.